The SMILES string of the molecule is COc1ccc(S(=O)(=O)NCCC(=O)NC(c2ccccc2)c2ccc(C)cc2)cc1OC. The summed E-state index contributed by atoms with van der Waals surface area (Å²) in [6.45, 7) is 1.96. The molecule has 0 radical (unpaired) electrons. The molecular formula is C25H28N2O5S. The second-order valence-corrected chi connectivity index (χ2v) is 9.25. The van der Waals surface area contributed by atoms with Crippen LogP contribution in [-0.4, -0.2) is 35.1 Å². The monoisotopic (exact) mass is 468 g/mol. The number of hydrogen-bond acceptors (Lipinski definition) is 5. The molecule has 0 fully saturated rings. The van der Waals surface area contributed by atoms with Gasteiger partial charge in [-0.05, 0) is 30.2 Å². The normalized spacial score (nSPS) is 12.1. The Morgan fingerprint density at radius 1 is 0.879 bits per heavy atom. The molecule has 0 spiro atoms. The standard InChI is InChI=1S/C25H28N2O5S/c1-18-9-11-20(12-10-18)25(19-7-5-4-6-8-19)27-24(28)15-16-26-33(29,30)21-13-14-22(31-2)23(17-21)32-3/h4-14,17,25-26H,15-16H2,1-3H3,(H,27,28). The Hall–Kier alpha value is -3.36. The van der Waals surface area contributed by atoms with Gasteiger partial charge in [0, 0.05) is 19.0 Å². The van der Waals surface area contributed by atoms with Gasteiger partial charge in [-0.3, -0.25) is 4.79 Å². The first-order chi connectivity index (χ1) is 15.8. The van der Waals surface area contributed by atoms with Crippen molar-refractivity contribution in [1.82, 2.24) is 10.0 Å². The quantitative estimate of drug-likeness (QED) is 0.474. The van der Waals surface area contributed by atoms with Crippen molar-refractivity contribution in [3.63, 3.8) is 0 Å². The van der Waals surface area contributed by atoms with E-state index >= 15 is 0 Å². The van der Waals surface area contributed by atoms with E-state index in [9.17, 15) is 13.2 Å². The Bertz CT molecular complexity index is 1180. The van der Waals surface area contributed by atoms with Crippen molar-refractivity contribution in [2.24, 2.45) is 0 Å². The van der Waals surface area contributed by atoms with E-state index in [1.807, 2.05) is 61.5 Å². The van der Waals surface area contributed by atoms with Crippen LogP contribution in [0.1, 0.15) is 29.2 Å². The van der Waals surface area contributed by atoms with Gasteiger partial charge in [0.05, 0.1) is 25.2 Å². The predicted octanol–water partition coefficient (Wildman–Crippen LogP) is 3.59. The van der Waals surface area contributed by atoms with E-state index < -0.39 is 10.0 Å². The van der Waals surface area contributed by atoms with Gasteiger partial charge in [0.1, 0.15) is 0 Å². The Balaban J connectivity index is 1.66. The summed E-state index contributed by atoms with van der Waals surface area (Å²) in [6, 6.07) is 21.6. The lowest BCUT2D eigenvalue weighted by Crippen LogP contribution is -2.33. The summed E-state index contributed by atoms with van der Waals surface area (Å²) in [5.41, 5.74) is 3.02. The van der Waals surface area contributed by atoms with E-state index in [1.54, 1.807) is 0 Å². The minimum Gasteiger partial charge on any atom is -0.493 e. The molecule has 174 valence electrons. The first-order valence-corrected chi connectivity index (χ1v) is 11.9. The van der Waals surface area contributed by atoms with Crippen LogP contribution in [0.2, 0.25) is 0 Å². The van der Waals surface area contributed by atoms with Crippen molar-refractivity contribution in [3.8, 4) is 11.5 Å². The molecule has 33 heavy (non-hydrogen) atoms. The number of amides is 1. The van der Waals surface area contributed by atoms with E-state index in [1.165, 1.54) is 32.4 Å². The van der Waals surface area contributed by atoms with Gasteiger partial charge in [0.25, 0.3) is 0 Å². The zero-order chi connectivity index (χ0) is 23.8. The number of sulfonamides is 1. The number of ether oxygens (including phenoxy) is 2. The third kappa shape index (κ3) is 6.34. The number of hydrogen-bond donors (Lipinski definition) is 2. The molecule has 0 bridgehead atoms. The Morgan fingerprint density at radius 2 is 1.52 bits per heavy atom. The molecule has 1 amide bonds. The van der Waals surface area contributed by atoms with Crippen LogP contribution >= 0.6 is 0 Å². The molecule has 0 aliphatic carbocycles. The van der Waals surface area contributed by atoms with Crippen LogP contribution in [0.5, 0.6) is 11.5 Å². The molecular weight excluding hydrogens is 440 g/mol. The molecule has 0 aromatic heterocycles. The highest BCUT2D eigenvalue weighted by Gasteiger charge is 2.19. The van der Waals surface area contributed by atoms with Gasteiger partial charge in [0.2, 0.25) is 15.9 Å². The van der Waals surface area contributed by atoms with Crippen LogP contribution in [0.4, 0.5) is 0 Å². The number of methoxy groups -OCH3 is 2. The van der Waals surface area contributed by atoms with Crippen molar-refractivity contribution < 1.29 is 22.7 Å². The molecule has 7 nitrogen and oxygen atoms in total. The van der Waals surface area contributed by atoms with Crippen LogP contribution in [0, 0.1) is 6.92 Å². The predicted molar refractivity (Wildman–Crippen MR) is 127 cm³/mol. The van der Waals surface area contributed by atoms with Crippen LogP contribution in [-0.2, 0) is 14.8 Å². The van der Waals surface area contributed by atoms with E-state index in [2.05, 4.69) is 10.0 Å². The minimum atomic E-state index is -3.82. The van der Waals surface area contributed by atoms with Crippen molar-refractivity contribution in [2.75, 3.05) is 20.8 Å². The fourth-order valence-corrected chi connectivity index (χ4v) is 4.41. The summed E-state index contributed by atoms with van der Waals surface area (Å²) in [4.78, 5) is 12.7. The maximum absolute atomic E-state index is 12.7. The number of benzene rings is 3. The Kier molecular flexibility index (Phi) is 8.08. The fraction of sp³-hybridized carbons (Fsp3) is 0.240. The summed E-state index contributed by atoms with van der Waals surface area (Å²) in [5, 5.41) is 3.02. The molecule has 3 aromatic carbocycles. The average Bonchev–Trinajstić information content (AvgIpc) is 2.83. The first-order valence-electron chi connectivity index (χ1n) is 10.5. The van der Waals surface area contributed by atoms with Crippen LogP contribution < -0.4 is 19.5 Å². The lowest BCUT2D eigenvalue weighted by Gasteiger charge is -2.20. The summed E-state index contributed by atoms with van der Waals surface area (Å²) in [6.07, 6.45) is -0.0122. The third-order valence-electron chi connectivity index (χ3n) is 5.16. The highest BCUT2D eigenvalue weighted by atomic mass is 32.2. The molecule has 0 saturated heterocycles. The molecule has 0 heterocycles. The fourth-order valence-electron chi connectivity index (χ4n) is 3.36. The molecule has 0 aliphatic rings. The zero-order valence-corrected chi connectivity index (χ0v) is 19.7. The van der Waals surface area contributed by atoms with E-state index in [0.717, 1.165) is 16.7 Å². The molecule has 2 N–H and O–H groups in total. The topological polar surface area (TPSA) is 93.7 Å². The van der Waals surface area contributed by atoms with Crippen LogP contribution in [0.15, 0.2) is 77.7 Å². The van der Waals surface area contributed by atoms with Crippen molar-refractivity contribution in [1.29, 1.82) is 0 Å². The lowest BCUT2D eigenvalue weighted by atomic mass is 9.97. The number of aryl methyl sites for hydroxylation is 1. The van der Waals surface area contributed by atoms with Crippen LogP contribution in [0.3, 0.4) is 0 Å². The van der Waals surface area contributed by atoms with Gasteiger partial charge in [-0.25, -0.2) is 13.1 Å². The van der Waals surface area contributed by atoms with Gasteiger partial charge >= 0.3 is 0 Å². The van der Waals surface area contributed by atoms with Crippen molar-refractivity contribution in [3.05, 3.63) is 89.5 Å². The Morgan fingerprint density at radius 3 is 2.15 bits per heavy atom. The summed E-state index contributed by atoms with van der Waals surface area (Å²) < 4.78 is 38.1. The van der Waals surface area contributed by atoms with Gasteiger partial charge in [0.15, 0.2) is 11.5 Å². The second kappa shape index (κ2) is 11.0. The molecule has 8 heteroatoms. The minimum absolute atomic E-state index is 0.0122. The summed E-state index contributed by atoms with van der Waals surface area (Å²) in [5.74, 6) is 0.472. The van der Waals surface area contributed by atoms with Gasteiger partial charge in [-0.15, -0.1) is 0 Å². The largest absolute Gasteiger partial charge is 0.493 e. The number of nitrogens with one attached hydrogen (secondary N) is 2. The molecule has 3 aromatic rings. The second-order valence-electron chi connectivity index (χ2n) is 7.49. The number of carbonyl (C=O) groups excluding carboxylic acids is 1. The maximum atomic E-state index is 12.7. The summed E-state index contributed by atoms with van der Waals surface area (Å²) in [7, 11) is -0.908. The highest BCUT2D eigenvalue weighted by Crippen LogP contribution is 2.29. The lowest BCUT2D eigenvalue weighted by molar-refractivity contribution is -0.121. The Labute approximate surface area is 194 Å². The smallest absolute Gasteiger partial charge is 0.240 e. The number of rotatable bonds is 10. The third-order valence-corrected chi connectivity index (χ3v) is 6.62. The number of carbonyl (C=O) groups is 1. The molecule has 0 aliphatic heterocycles. The summed E-state index contributed by atoms with van der Waals surface area (Å²) >= 11 is 0. The van der Waals surface area contributed by atoms with Gasteiger partial charge in [-0.2, -0.15) is 0 Å². The van der Waals surface area contributed by atoms with E-state index in [4.69, 9.17) is 9.47 Å². The molecule has 1 atom stereocenters. The van der Waals surface area contributed by atoms with Crippen molar-refractivity contribution >= 4 is 15.9 Å². The first kappa shape index (κ1) is 24.3. The zero-order valence-electron chi connectivity index (χ0n) is 18.9. The van der Waals surface area contributed by atoms with Crippen LogP contribution in [0.25, 0.3) is 0 Å². The molecule has 3 rings (SSSR count). The maximum Gasteiger partial charge on any atom is 0.240 e. The molecule has 0 saturated carbocycles. The van der Waals surface area contributed by atoms with Crippen molar-refractivity contribution in [2.45, 2.75) is 24.3 Å². The van der Waals surface area contributed by atoms with E-state index in [0.29, 0.717) is 11.5 Å². The highest BCUT2D eigenvalue weighted by molar-refractivity contribution is 7.89. The van der Waals surface area contributed by atoms with E-state index in [-0.39, 0.29) is 29.8 Å². The molecule has 1 unspecified atom stereocenters. The van der Waals surface area contributed by atoms with Gasteiger partial charge in [-0.1, -0.05) is 60.2 Å². The average molecular weight is 469 g/mol. The van der Waals surface area contributed by atoms with Gasteiger partial charge < -0.3 is 14.8 Å².